The fourth-order valence-electron chi connectivity index (χ4n) is 1.80. The molecule has 0 spiro atoms. The second kappa shape index (κ2) is 7.66. The molecule has 114 valence electrons. The molecule has 2 rings (SSSR count). The quantitative estimate of drug-likeness (QED) is 0.888. The molecule has 1 atom stereocenters. The van der Waals surface area contributed by atoms with Gasteiger partial charge in [0.25, 0.3) is 0 Å². The lowest BCUT2D eigenvalue weighted by molar-refractivity contribution is -0.255. The molecule has 0 fully saturated rings. The molecule has 0 radical (unpaired) electrons. The van der Waals surface area contributed by atoms with E-state index in [-0.39, 0.29) is 16.7 Å². The van der Waals surface area contributed by atoms with Crippen LogP contribution in [0.1, 0.15) is 22.8 Å². The largest absolute Gasteiger partial charge is 0.545 e. The number of carboxylic acids is 1. The Morgan fingerprint density at radius 1 is 1.09 bits per heavy atom. The highest BCUT2D eigenvalue weighted by atomic mass is 32.2. The number of nitrogens with one attached hydrogen (secondary N) is 1. The summed E-state index contributed by atoms with van der Waals surface area (Å²) in [5, 5.41) is 13.2. The Morgan fingerprint density at radius 3 is 2.32 bits per heavy atom. The second-order valence-electron chi connectivity index (χ2n) is 4.79. The van der Waals surface area contributed by atoms with Gasteiger partial charge in [0.05, 0.1) is 11.2 Å². The summed E-state index contributed by atoms with van der Waals surface area (Å²) in [5.74, 6) is -0.578. The molecule has 2 aromatic carbocycles. The molecule has 4 nitrogen and oxygen atoms in total. The number of amides is 1. The average molecular weight is 314 g/mol. The zero-order valence-corrected chi connectivity index (χ0v) is 12.9. The van der Waals surface area contributed by atoms with Crippen LogP contribution in [0.5, 0.6) is 0 Å². The van der Waals surface area contributed by atoms with Gasteiger partial charge >= 0.3 is 0 Å². The normalized spacial score (nSPS) is 11.7. The summed E-state index contributed by atoms with van der Waals surface area (Å²) in [5.41, 5.74) is 1.83. The number of carbonyl (C=O) groups excluding carboxylic acids is 2. The van der Waals surface area contributed by atoms with Gasteiger partial charge in [-0.05, 0) is 30.2 Å². The predicted molar refractivity (Wildman–Crippen MR) is 86.6 cm³/mol. The zero-order chi connectivity index (χ0) is 15.9. The number of carbonyl (C=O) groups is 2. The number of aromatic carboxylic acids is 1. The molecule has 1 amide bonds. The standard InChI is InChI=1S/C17H17NO3S/c1-12(22-11-13-5-3-2-4-6-13)16(19)18-15-9-7-14(8-10-15)17(20)21/h2-10,12H,11H2,1H3,(H,18,19)(H,20,21)/p-1/t12-/m0/s1. The van der Waals surface area contributed by atoms with Crippen LogP contribution >= 0.6 is 11.8 Å². The SMILES string of the molecule is C[C@H](SCc1ccccc1)C(=O)Nc1ccc(C(=O)[O-])cc1. The second-order valence-corrected chi connectivity index (χ2v) is 6.12. The summed E-state index contributed by atoms with van der Waals surface area (Å²) in [6.07, 6.45) is 0. The lowest BCUT2D eigenvalue weighted by atomic mass is 10.2. The lowest BCUT2D eigenvalue weighted by Gasteiger charge is -2.12. The van der Waals surface area contributed by atoms with E-state index in [2.05, 4.69) is 5.32 Å². The Morgan fingerprint density at radius 2 is 1.73 bits per heavy atom. The topological polar surface area (TPSA) is 69.2 Å². The maximum absolute atomic E-state index is 12.1. The number of carboxylic acid groups (broad SMARTS) is 1. The Bertz CT molecular complexity index is 641. The van der Waals surface area contributed by atoms with Gasteiger partial charge in [0.15, 0.2) is 0 Å². The third-order valence-electron chi connectivity index (χ3n) is 3.10. The number of benzene rings is 2. The minimum atomic E-state index is -1.23. The van der Waals surface area contributed by atoms with E-state index in [4.69, 9.17) is 0 Å². The zero-order valence-electron chi connectivity index (χ0n) is 12.1. The Labute approximate surface area is 133 Å². The minimum absolute atomic E-state index is 0.0875. The fourth-order valence-corrected chi connectivity index (χ4v) is 2.65. The van der Waals surface area contributed by atoms with E-state index in [1.165, 1.54) is 17.7 Å². The first-order valence-corrected chi connectivity index (χ1v) is 7.89. The van der Waals surface area contributed by atoms with E-state index in [0.717, 1.165) is 5.75 Å². The predicted octanol–water partition coefficient (Wildman–Crippen LogP) is 2.31. The summed E-state index contributed by atoms with van der Waals surface area (Å²) in [6.45, 7) is 1.85. The van der Waals surface area contributed by atoms with Gasteiger partial charge in [-0.25, -0.2) is 0 Å². The van der Waals surface area contributed by atoms with E-state index in [1.807, 2.05) is 37.3 Å². The molecule has 0 saturated heterocycles. The van der Waals surface area contributed by atoms with Crippen molar-refractivity contribution in [1.29, 1.82) is 0 Å². The van der Waals surface area contributed by atoms with Gasteiger partial charge in [0, 0.05) is 11.4 Å². The van der Waals surface area contributed by atoms with Crippen LogP contribution in [0.4, 0.5) is 5.69 Å². The molecule has 5 heteroatoms. The van der Waals surface area contributed by atoms with Crippen molar-refractivity contribution in [3.63, 3.8) is 0 Å². The average Bonchev–Trinajstić information content (AvgIpc) is 2.54. The van der Waals surface area contributed by atoms with Crippen molar-refractivity contribution < 1.29 is 14.7 Å². The Balaban J connectivity index is 1.87. The van der Waals surface area contributed by atoms with Crippen molar-refractivity contribution in [2.75, 3.05) is 5.32 Å². The van der Waals surface area contributed by atoms with Crippen LogP contribution in [0.2, 0.25) is 0 Å². The van der Waals surface area contributed by atoms with E-state index in [1.54, 1.807) is 23.9 Å². The first-order valence-electron chi connectivity index (χ1n) is 6.84. The van der Waals surface area contributed by atoms with Crippen LogP contribution in [0.15, 0.2) is 54.6 Å². The number of thioether (sulfide) groups is 1. The first kappa shape index (κ1) is 16.1. The first-order chi connectivity index (χ1) is 10.6. The molecule has 1 N–H and O–H groups in total. The fraction of sp³-hybridized carbons (Fsp3) is 0.176. The van der Waals surface area contributed by atoms with Gasteiger partial charge in [0.1, 0.15) is 0 Å². The van der Waals surface area contributed by atoms with Gasteiger partial charge in [0.2, 0.25) is 5.91 Å². The van der Waals surface area contributed by atoms with Crippen LogP contribution in [-0.4, -0.2) is 17.1 Å². The van der Waals surface area contributed by atoms with Crippen LogP contribution in [0, 0.1) is 0 Å². The molecule has 0 aromatic heterocycles. The summed E-state index contributed by atoms with van der Waals surface area (Å²) in [6, 6.07) is 15.9. The van der Waals surface area contributed by atoms with Crippen molar-refractivity contribution >= 4 is 29.3 Å². The van der Waals surface area contributed by atoms with Gasteiger partial charge in [-0.15, -0.1) is 11.8 Å². The highest BCUT2D eigenvalue weighted by Gasteiger charge is 2.13. The van der Waals surface area contributed by atoms with Gasteiger partial charge in [-0.2, -0.15) is 0 Å². The van der Waals surface area contributed by atoms with Crippen LogP contribution in [-0.2, 0) is 10.5 Å². The number of hydrogen-bond acceptors (Lipinski definition) is 4. The smallest absolute Gasteiger partial charge is 0.237 e. The van der Waals surface area contributed by atoms with Crippen LogP contribution < -0.4 is 10.4 Å². The maximum Gasteiger partial charge on any atom is 0.237 e. The monoisotopic (exact) mass is 314 g/mol. The van der Waals surface area contributed by atoms with Crippen molar-refractivity contribution in [3.05, 3.63) is 65.7 Å². The van der Waals surface area contributed by atoms with Gasteiger partial charge in [-0.3, -0.25) is 4.79 Å². The van der Waals surface area contributed by atoms with Crippen LogP contribution in [0.25, 0.3) is 0 Å². The Hall–Kier alpha value is -2.27. The molecule has 0 heterocycles. The third-order valence-corrected chi connectivity index (χ3v) is 4.31. The van der Waals surface area contributed by atoms with E-state index < -0.39 is 5.97 Å². The molecule has 0 saturated carbocycles. The lowest BCUT2D eigenvalue weighted by Crippen LogP contribution is -2.23. The van der Waals surface area contributed by atoms with Gasteiger partial charge in [-0.1, -0.05) is 42.5 Å². The molecule has 0 aliphatic heterocycles. The van der Waals surface area contributed by atoms with Crippen molar-refractivity contribution in [2.24, 2.45) is 0 Å². The van der Waals surface area contributed by atoms with E-state index in [9.17, 15) is 14.7 Å². The third kappa shape index (κ3) is 4.63. The molecule has 2 aromatic rings. The number of hydrogen-bond donors (Lipinski definition) is 1. The van der Waals surface area contributed by atoms with E-state index >= 15 is 0 Å². The summed E-state index contributed by atoms with van der Waals surface area (Å²) in [4.78, 5) is 22.8. The molecule has 0 unspecified atom stereocenters. The number of rotatable bonds is 6. The van der Waals surface area contributed by atoms with Crippen molar-refractivity contribution in [1.82, 2.24) is 0 Å². The molecule has 22 heavy (non-hydrogen) atoms. The van der Waals surface area contributed by atoms with Crippen LogP contribution in [0.3, 0.4) is 0 Å². The molecular weight excluding hydrogens is 298 g/mol. The summed E-state index contributed by atoms with van der Waals surface area (Å²) < 4.78 is 0. The minimum Gasteiger partial charge on any atom is -0.545 e. The molecular formula is C17H16NO3S-. The Kier molecular flexibility index (Phi) is 5.61. The number of anilines is 1. The highest BCUT2D eigenvalue weighted by Crippen LogP contribution is 2.19. The van der Waals surface area contributed by atoms with E-state index in [0.29, 0.717) is 5.69 Å². The maximum atomic E-state index is 12.1. The van der Waals surface area contributed by atoms with Crippen molar-refractivity contribution in [2.45, 2.75) is 17.9 Å². The van der Waals surface area contributed by atoms with Crippen molar-refractivity contribution in [3.8, 4) is 0 Å². The van der Waals surface area contributed by atoms with Gasteiger partial charge < -0.3 is 15.2 Å². The molecule has 0 aliphatic carbocycles. The molecule has 0 aliphatic rings. The summed E-state index contributed by atoms with van der Waals surface area (Å²) >= 11 is 1.55. The summed E-state index contributed by atoms with van der Waals surface area (Å²) in [7, 11) is 0. The highest BCUT2D eigenvalue weighted by molar-refractivity contribution is 7.99. The molecule has 0 bridgehead atoms.